The van der Waals surface area contributed by atoms with Crippen molar-refractivity contribution in [2.24, 2.45) is 0 Å². The van der Waals surface area contributed by atoms with Crippen molar-refractivity contribution in [3.8, 4) is 11.8 Å². The lowest BCUT2D eigenvalue weighted by Crippen LogP contribution is -2.49. The predicted molar refractivity (Wildman–Crippen MR) is 149 cm³/mol. The number of morpholine rings is 1. The lowest BCUT2D eigenvalue weighted by atomic mass is 9.91. The van der Waals surface area contributed by atoms with Gasteiger partial charge in [0, 0.05) is 49.2 Å². The second-order valence-electron chi connectivity index (χ2n) is 11.0. The average molecular weight is 530 g/mol. The zero-order chi connectivity index (χ0) is 26.7. The van der Waals surface area contributed by atoms with Gasteiger partial charge in [0.2, 0.25) is 0 Å². The van der Waals surface area contributed by atoms with Gasteiger partial charge in [-0.05, 0) is 50.3 Å². The van der Waals surface area contributed by atoms with Gasteiger partial charge in [0.05, 0.1) is 48.2 Å². The minimum Gasteiger partial charge on any atom is -0.494 e. The normalized spacial score (nSPS) is 19.6. The molecule has 202 valence electrons. The van der Waals surface area contributed by atoms with Crippen molar-refractivity contribution in [2.75, 3.05) is 51.4 Å². The Morgan fingerprint density at radius 3 is 2.49 bits per heavy atom. The summed E-state index contributed by atoms with van der Waals surface area (Å²) >= 11 is 0. The van der Waals surface area contributed by atoms with Crippen molar-refractivity contribution < 1.29 is 13.9 Å². The smallest absolute Gasteiger partial charge is 0.199 e. The molecule has 4 aromatic rings. The molecule has 2 saturated heterocycles. The summed E-state index contributed by atoms with van der Waals surface area (Å²) in [5.41, 5.74) is 2.42. The Morgan fingerprint density at radius 2 is 1.82 bits per heavy atom. The SMILES string of the molecule is COc1cc2c(=O)c3c4ccc(C#N)cc4[nH]c3n(C3CCC3)c2c(F)c1N1CCC(N2CCOCC2)CC1. The van der Waals surface area contributed by atoms with Crippen LogP contribution in [0.1, 0.15) is 43.7 Å². The van der Waals surface area contributed by atoms with Crippen molar-refractivity contribution >= 4 is 38.5 Å². The molecular weight excluding hydrogens is 497 g/mol. The largest absolute Gasteiger partial charge is 0.494 e. The summed E-state index contributed by atoms with van der Waals surface area (Å²) < 4.78 is 30.1. The van der Waals surface area contributed by atoms with Gasteiger partial charge in [-0.3, -0.25) is 9.69 Å². The third-order valence-corrected chi connectivity index (χ3v) is 9.04. The molecule has 2 aliphatic heterocycles. The number of rotatable bonds is 4. The maximum Gasteiger partial charge on any atom is 0.199 e. The zero-order valence-corrected chi connectivity index (χ0v) is 22.1. The zero-order valence-electron chi connectivity index (χ0n) is 22.1. The molecule has 9 heteroatoms. The molecule has 1 N–H and O–H groups in total. The Hall–Kier alpha value is -3.61. The van der Waals surface area contributed by atoms with Crippen LogP contribution < -0.4 is 15.1 Å². The Morgan fingerprint density at radius 1 is 1.05 bits per heavy atom. The van der Waals surface area contributed by atoms with Crippen molar-refractivity contribution in [1.29, 1.82) is 5.26 Å². The van der Waals surface area contributed by atoms with Crippen molar-refractivity contribution in [2.45, 2.75) is 44.2 Å². The Labute approximate surface area is 225 Å². The summed E-state index contributed by atoms with van der Waals surface area (Å²) in [4.78, 5) is 21.9. The number of piperidine rings is 1. The third kappa shape index (κ3) is 3.80. The van der Waals surface area contributed by atoms with E-state index in [4.69, 9.17) is 9.47 Å². The number of nitrogens with zero attached hydrogens (tertiary/aromatic N) is 4. The standard InChI is InChI=1S/C30H32FN5O3/c1-38-24-16-22-27(26(31)28(24)35-9-7-19(8-10-35)34-11-13-39-14-12-34)36(20-3-2-4-20)30-25(29(22)37)21-6-5-18(17-32)15-23(21)33-30/h5-6,15-16,19-20,33H,2-4,7-14H2,1H3. The van der Waals surface area contributed by atoms with Crippen molar-refractivity contribution in [3.05, 3.63) is 45.9 Å². The summed E-state index contributed by atoms with van der Waals surface area (Å²) in [7, 11) is 1.54. The van der Waals surface area contributed by atoms with E-state index >= 15 is 4.39 Å². The number of nitriles is 1. The van der Waals surface area contributed by atoms with E-state index in [9.17, 15) is 10.1 Å². The van der Waals surface area contributed by atoms with E-state index in [1.165, 1.54) is 0 Å². The number of aromatic amines is 1. The monoisotopic (exact) mass is 529 g/mol. The van der Waals surface area contributed by atoms with Crippen LogP contribution in [0.15, 0.2) is 29.1 Å². The van der Waals surface area contributed by atoms with Crippen LogP contribution in [0.4, 0.5) is 10.1 Å². The number of H-pyrrole nitrogens is 1. The van der Waals surface area contributed by atoms with Crippen molar-refractivity contribution in [1.82, 2.24) is 14.5 Å². The molecule has 8 nitrogen and oxygen atoms in total. The number of nitrogens with one attached hydrogen (secondary N) is 1. The highest BCUT2D eigenvalue weighted by Gasteiger charge is 2.33. The summed E-state index contributed by atoms with van der Waals surface area (Å²) in [5.74, 6) is 0.00415. The van der Waals surface area contributed by atoms with Gasteiger partial charge in [-0.2, -0.15) is 5.26 Å². The van der Waals surface area contributed by atoms with Gasteiger partial charge in [-0.15, -0.1) is 0 Å². The molecule has 1 aliphatic carbocycles. The lowest BCUT2D eigenvalue weighted by Gasteiger charge is -2.41. The summed E-state index contributed by atoms with van der Waals surface area (Å²) in [6.45, 7) is 4.88. The molecule has 1 saturated carbocycles. The molecule has 0 atom stereocenters. The second-order valence-corrected chi connectivity index (χ2v) is 11.0. The fourth-order valence-corrected chi connectivity index (χ4v) is 6.78. The molecule has 3 fully saturated rings. The van der Waals surface area contributed by atoms with E-state index in [0.717, 1.165) is 76.9 Å². The number of aromatic nitrogens is 2. The molecule has 39 heavy (non-hydrogen) atoms. The van der Waals surface area contributed by atoms with Crippen LogP contribution in [-0.2, 0) is 4.74 Å². The van der Waals surface area contributed by atoms with E-state index in [1.54, 1.807) is 25.3 Å². The molecule has 0 bridgehead atoms. The quantitative estimate of drug-likeness (QED) is 0.413. The summed E-state index contributed by atoms with van der Waals surface area (Å²) in [6.07, 6.45) is 4.81. The van der Waals surface area contributed by atoms with Crippen molar-refractivity contribution in [3.63, 3.8) is 0 Å². The van der Waals surface area contributed by atoms with E-state index < -0.39 is 5.82 Å². The van der Waals surface area contributed by atoms with E-state index in [2.05, 4.69) is 20.9 Å². The van der Waals surface area contributed by atoms with Crippen LogP contribution in [0.2, 0.25) is 0 Å². The number of ether oxygens (including phenoxy) is 2. The minimum atomic E-state index is -0.392. The highest BCUT2D eigenvalue weighted by molar-refractivity contribution is 6.10. The van der Waals surface area contributed by atoms with E-state index in [-0.39, 0.29) is 11.5 Å². The van der Waals surface area contributed by atoms with Crippen LogP contribution in [0.3, 0.4) is 0 Å². The van der Waals surface area contributed by atoms with E-state index in [1.807, 2.05) is 10.6 Å². The van der Waals surface area contributed by atoms with Crippen LogP contribution in [0.5, 0.6) is 5.75 Å². The molecule has 2 aromatic heterocycles. The fraction of sp³-hybridized carbons (Fsp3) is 0.467. The van der Waals surface area contributed by atoms with Gasteiger partial charge in [-0.25, -0.2) is 4.39 Å². The molecule has 0 radical (unpaired) electrons. The highest BCUT2D eigenvalue weighted by atomic mass is 19.1. The topological polar surface area (TPSA) is 86.5 Å². The molecule has 0 spiro atoms. The molecule has 0 amide bonds. The Balaban J connectivity index is 1.40. The number of hydrogen-bond donors (Lipinski definition) is 1. The van der Waals surface area contributed by atoms with Gasteiger partial charge >= 0.3 is 0 Å². The van der Waals surface area contributed by atoms with Gasteiger partial charge in [0.25, 0.3) is 0 Å². The van der Waals surface area contributed by atoms with Crippen LogP contribution in [-0.4, -0.2) is 67.0 Å². The first kappa shape index (κ1) is 24.4. The van der Waals surface area contributed by atoms with Crippen LogP contribution in [0, 0.1) is 17.1 Å². The Kier molecular flexibility index (Phi) is 5.98. The molecule has 3 aliphatic rings. The molecular formula is C30H32FN5O3. The first-order chi connectivity index (χ1) is 19.1. The maximum atomic E-state index is 16.9. The second kappa shape index (κ2) is 9.54. The first-order valence-electron chi connectivity index (χ1n) is 14.0. The molecule has 7 rings (SSSR count). The lowest BCUT2D eigenvalue weighted by molar-refractivity contribution is 0.0114. The minimum absolute atomic E-state index is 0.0990. The van der Waals surface area contributed by atoms with E-state index in [0.29, 0.717) is 50.5 Å². The van der Waals surface area contributed by atoms with Gasteiger partial charge in [0.15, 0.2) is 11.2 Å². The number of pyridine rings is 1. The van der Waals surface area contributed by atoms with Gasteiger partial charge in [-0.1, -0.05) is 6.07 Å². The number of halogens is 1. The average Bonchev–Trinajstić information content (AvgIpc) is 3.33. The highest BCUT2D eigenvalue weighted by Crippen LogP contribution is 2.43. The number of anilines is 1. The molecule has 0 unspecified atom stereocenters. The fourth-order valence-electron chi connectivity index (χ4n) is 6.78. The number of methoxy groups -OCH3 is 1. The maximum absolute atomic E-state index is 16.9. The first-order valence-corrected chi connectivity index (χ1v) is 14.0. The third-order valence-electron chi connectivity index (χ3n) is 9.04. The van der Waals surface area contributed by atoms with Gasteiger partial charge < -0.3 is 23.9 Å². The molecule has 2 aromatic carbocycles. The van der Waals surface area contributed by atoms with Crippen LogP contribution in [0.25, 0.3) is 32.8 Å². The Bertz CT molecular complexity index is 1690. The summed E-state index contributed by atoms with van der Waals surface area (Å²) in [5, 5.41) is 11.0. The number of fused-ring (bicyclic) bond motifs is 4. The molecule has 4 heterocycles. The van der Waals surface area contributed by atoms with Gasteiger partial charge in [0.1, 0.15) is 17.1 Å². The predicted octanol–water partition coefficient (Wildman–Crippen LogP) is 4.68. The number of benzene rings is 2. The van der Waals surface area contributed by atoms with Crippen LogP contribution >= 0.6 is 0 Å². The summed E-state index contributed by atoms with van der Waals surface area (Å²) in [6, 6.07) is 9.76. The number of hydrogen-bond acceptors (Lipinski definition) is 6.